The Morgan fingerprint density at radius 2 is 2.00 bits per heavy atom. The van der Waals surface area contributed by atoms with Gasteiger partial charge in [-0.25, -0.2) is 4.79 Å². The van der Waals surface area contributed by atoms with E-state index in [1.54, 1.807) is 13.2 Å². The molecule has 0 radical (unpaired) electrons. The van der Waals surface area contributed by atoms with Crippen molar-refractivity contribution in [1.82, 2.24) is 4.57 Å². The fraction of sp³-hybridized carbons (Fsp3) is 0.304. The lowest BCUT2D eigenvalue weighted by atomic mass is 9.84. The summed E-state index contributed by atoms with van der Waals surface area (Å²) in [6.07, 6.45) is 2.33. The minimum Gasteiger partial charge on any atom is -0.497 e. The minimum atomic E-state index is -1.07. The number of carboxylic acids is 1. The molecule has 0 fully saturated rings. The summed E-state index contributed by atoms with van der Waals surface area (Å²) >= 11 is 0. The van der Waals surface area contributed by atoms with E-state index in [1.807, 2.05) is 24.3 Å². The molecule has 1 aliphatic rings. The van der Waals surface area contributed by atoms with Gasteiger partial charge in [0.05, 0.1) is 18.5 Å². The number of nitrogens with zero attached hydrogens (tertiary/aromatic N) is 1. The number of ether oxygens (including phenoxy) is 2. The number of carbonyl (C=O) groups excluding carboxylic acids is 1. The van der Waals surface area contributed by atoms with Gasteiger partial charge < -0.3 is 24.9 Å². The molecule has 7 heteroatoms. The Labute approximate surface area is 174 Å². The van der Waals surface area contributed by atoms with Crippen LogP contribution in [0.15, 0.2) is 42.5 Å². The Morgan fingerprint density at radius 3 is 2.67 bits per heavy atom. The van der Waals surface area contributed by atoms with E-state index >= 15 is 0 Å². The number of methoxy groups -OCH3 is 1. The average molecular weight is 408 g/mol. The number of amides is 1. The maximum absolute atomic E-state index is 12.3. The zero-order chi connectivity index (χ0) is 21.3. The number of nitrogens with two attached hydrogens (primary N) is 1. The highest BCUT2D eigenvalue weighted by atomic mass is 16.5. The van der Waals surface area contributed by atoms with Gasteiger partial charge in [-0.3, -0.25) is 4.79 Å². The molecule has 4 rings (SSSR count). The lowest BCUT2D eigenvalue weighted by Gasteiger charge is -2.22. The van der Waals surface area contributed by atoms with Gasteiger partial charge in [-0.05, 0) is 30.4 Å². The van der Waals surface area contributed by atoms with E-state index in [4.69, 9.17) is 20.3 Å². The standard InChI is InChI=1S/C23H24N2O5/c1-29-15-10-18-22(19(11-15)30-13-20(26)27)21-16(23(24)28)8-5-9-17(21)25(18)12-14-6-3-2-4-7-14/h2-4,6-7,10-11,16H,5,8-9,12-13H2,1H3,(H2,24,28)(H,26,27). The topological polar surface area (TPSA) is 104 Å². The SMILES string of the molecule is COc1cc(OCC(=O)O)c2c3c(n(Cc4ccccc4)c2c1)CCCC3C(N)=O. The molecular formula is C23H24N2O5. The zero-order valence-corrected chi connectivity index (χ0v) is 16.8. The van der Waals surface area contributed by atoms with Crippen LogP contribution in [0.1, 0.15) is 35.6 Å². The van der Waals surface area contributed by atoms with Crippen LogP contribution in [0.3, 0.4) is 0 Å². The number of aliphatic carboxylic acids is 1. The highest BCUT2D eigenvalue weighted by molar-refractivity contribution is 5.98. The molecule has 3 N–H and O–H groups in total. The van der Waals surface area contributed by atoms with Crippen molar-refractivity contribution in [1.29, 1.82) is 0 Å². The van der Waals surface area contributed by atoms with Crippen LogP contribution >= 0.6 is 0 Å². The van der Waals surface area contributed by atoms with E-state index in [0.29, 0.717) is 24.5 Å². The predicted molar refractivity (Wildman–Crippen MR) is 112 cm³/mol. The zero-order valence-electron chi connectivity index (χ0n) is 16.8. The van der Waals surface area contributed by atoms with Crippen LogP contribution in [0.5, 0.6) is 11.5 Å². The highest BCUT2D eigenvalue weighted by Crippen LogP contribution is 2.45. The number of rotatable bonds is 7. The number of carbonyl (C=O) groups is 2. The van der Waals surface area contributed by atoms with Crippen LogP contribution in [0.25, 0.3) is 10.9 Å². The minimum absolute atomic E-state index is 0.380. The number of carboxylic acid groups (broad SMARTS) is 1. The van der Waals surface area contributed by atoms with Gasteiger partial charge in [0.15, 0.2) is 6.61 Å². The molecule has 1 unspecified atom stereocenters. The molecule has 3 aromatic rings. The Balaban J connectivity index is 1.99. The highest BCUT2D eigenvalue weighted by Gasteiger charge is 2.33. The first kappa shape index (κ1) is 19.8. The van der Waals surface area contributed by atoms with E-state index in [2.05, 4.69) is 16.7 Å². The lowest BCUT2D eigenvalue weighted by Crippen LogP contribution is -2.25. The number of primary amides is 1. The third-order valence-electron chi connectivity index (χ3n) is 5.62. The second-order valence-electron chi connectivity index (χ2n) is 7.48. The van der Waals surface area contributed by atoms with Crippen molar-refractivity contribution in [2.24, 2.45) is 5.73 Å². The fourth-order valence-corrected chi connectivity index (χ4v) is 4.36. The molecule has 0 saturated heterocycles. The molecule has 30 heavy (non-hydrogen) atoms. The first-order valence-corrected chi connectivity index (χ1v) is 9.90. The predicted octanol–water partition coefficient (Wildman–Crippen LogP) is 3.07. The Hall–Kier alpha value is -3.48. The third-order valence-corrected chi connectivity index (χ3v) is 5.62. The van der Waals surface area contributed by atoms with Crippen LogP contribution < -0.4 is 15.2 Å². The smallest absolute Gasteiger partial charge is 0.341 e. The van der Waals surface area contributed by atoms with Crippen LogP contribution in [0, 0.1) is 0 Å². The number of hydrogen-bond acceptors (Lipinski definition) is 4. The van der Waals surface area contributed by atoms with Crippen LogP contribution in [-0.4, -0.2) is 35.3 Å². The summed E-state index contributed by atoms with van der Waals surface area (Å²) in [6, 6.07) is 13.6. The summed E-state index contributed by atoms with van der Waals surface area (Å²) in [5.74, 6) is -0.941. The molecule has 1 atom stereocenters. The molecule has 0 aliphatic heterocycles. The lowest BCUT2D eigenvalue weighted by molar-refractivity contribution is -0.139. The van der Waals surface area contributed by atoms with Crippen LogP contribution in [-0.2, 0) is 22.6 Å². The van der Waals surface area contributed by atoms with Gasteiger partial charge in [0, 0.05) is 29.8 Å². The molecule has 1 aliphatic carbocycles. The molecule has 1 amide bonds. The Kier molecular flexibility index (Phi) is 5.35. The quantitative estimate of drug-likeness (QED) is 0.625. The molecule has 0 saturated carbocycles. The van der Waals surface area contributed by atoms with Crippen LogP contribution in [0.4, 0.5) is 0 Å². The molecular weight excluding hydrogens is 384 g/mol. The maximum atomic E-state index is 12.3. The van der Waals surface area contributed by atoms with Gasteiger partial charge in [0.1, 0.15) is 11.5 Å². The van der Waals surface area contributed by atoms with E-state index in [0.717, 1.165) is 40.6 Å². The molecule has 7 nitrogen and oxygen atoms in total. The second-order valence-corrected chi connectivity index (χ2v) is 7.48. The normalized spacial score (nSPS) is 15.6. The van der Waals surface area contributed by atoms with Crippen molar-refractivity contribution in [2.75, 3.05) is 13.7 Å². The molecule has 0 spiro atoms. The Bertz CT molecular complexity index is 1100. The number of hydrogen-bond donors (Lipinski definition) is 2. The van der Waals surface area contributed by atoms with Gasteiger partial charge in [0.25, 0.3) is 0 Å². The van der Waals surface area contributed by atoms with Gasteiger partial charge in [-0.1, -0.05) is 30.3 Å². The van der Waals surface area contributed by atoms with Gasteiger partial charge in [-0.15, -0.1) is 0 Å². The van der Waals surface area contributed by atoms with Crippen molar-refractivity contribution < 1.29 is 24.2 Å². The number of aromatic nitrogens is 1. The summed E-state index contributed by atoms with van der Waals surface area (Å²) in [5, 5.41) is 9.86. The van der Waals surface area contributed by atoms with E-state index in [9.17, 15) is 9.59 Å². The average Bonchev–Trinajstić information content (AvgIpc) is 3.06. The summed E-state index contributed by atoms with van der Waals surface area (Å²) < 4.78 is 13.3. The van der Waals surface area contributed by atoms with Gasteiger partial charge in [0.2, 0.25) is 5.91 Å². The van der Waals surface area contributed by atoms with E-state index in [-0.39, 0.29) is 5.91 Å². The fourth-order valence-electron chi connectivity index (χ4n) is 4.36. The van der Waals surface area contributed by atoms with Crippen LogP contribution in [0.2, 0.25) is 0 Å². The molecule has 0 bridgehead atoms. The van der Waals surface area contributed by atoms with Gasteiger partial charge >= 0.3 is 5.97 Å². The largest absolute Gasteiger partial charge is 0.497 e. The summed E-state index contributed by atoms with van der Waals surface area (Å²) in [4.78, 5) is 23.4. The summed E-state index contributed by atoms with van der Waals surface area (Å²) in [5.41, 5.74) is 9.61. The van der Waals surface area contributed by atoms with Crippen molar-refractivity contribution in [3.05, 3.63) is 59.3 Å². The third kappa shape index (κ3) is 3.58. The summed E-state index contributed by atoms with van der Waals surface area (Å²) in [7, 11) is 1.55. The monoisotopic (exact) mass is 408 g/mol. The second kappa shape index (κ2) is 8.10. The van der Waals surface area contributed by atoms with Gasteiger partial charge in [-0.2, -0.15) is 0 Å². The van der Waals surface area contributed by atoms with E-state index < -0.39 is 18.5 Å². The molecule has 1 aromatic heterocycles. The number of fused-ring (bicyclic) bond motifs is 3. The molecule has 156 valence electrons. The molecule has 1 heterocycles. The van der Waals surface area contributed by atoms with Crippen molar-refractivity contribution in [3.63, 3.8) is 0 Å². The Morgan fingerprint density at radius 1 is 1.23 bits per heavy atom. The van der Waals surface area contributed by atoms with E-state index in [1.165, 1.54) is 0 Å². The van der Waals surface area contributed by atoms with Crippen molar-refractivity contribution in [3.8, 4) is 11.5 Å². The van der Waals surface area contributed by atoms with Crippen molar-refractivity contribution >= 4 is 22.8 Å². The molecule has 2 aromatic carbocycles. The van der Waals surface area contributed by atoms with Crippen molar-refractivity contribution in [2.45, 2.75) is 31.7 Å². The first-order chi connectivity index (χ1) is 14.5. The maximum Gasteiger partial charge on any atom is 0.341 e. The number of benzene rings is 2. The summed E-state index contributed by atoms with van der Waals surface area (Å²) in [6.45, 7) is 0.131. The first-order valence-electron chi connectivity index (χ1n) is 9.90.